The quantitative estimate of drug-likeness (QED) is 0.774. The summed E-state index contributed by atoms with van der Waals surface area (Å²) in [5, 5.41) is 9.84. The van der Waals surface area contributed by atoms with Gasteiger partial charge in [-0.3, -0.25) is 0 Å². The van der Waals surface area contributed by atoms with Crippen LogP contribution in [0.1, 0.15) is 29.5 Å². The molecule has 4 nitrogen and oxygen atoms in total. The van der Waals surface area contributed by atoms with Crippen molar-refractivity contribution in [1.29, 1.82) is 0 Å². The van der Waals surface area contributed by atoms with Crippen LogP contribution in [-0.2, 0) is 28.4 Å². The zero-order valence-corrected chi connectivity index (χ0v) is 14.0. The molecular weight excluding hydrogens is 322 g/mol. The van der Waals surface area contributed by atoms with Crippen LogP contribution in [0.3, 0.4) is 0 Å². The third-order valence-electron chi connectivity index (χ3n) is 6.20. The smallest absolute Gasteiger partial charge is 0.241 e. The number of fused-ring (bicyclic) bond motifs is 2. The summed E-state index contributed by atoms with van der Waals surface area (Å²) in [6.07, 6.45) is 3.69. The first kappa shape index (κ1) is 14.5. The van der Waals surface area contributed by atoms with Crippen molar-refractivity contribution in [3.63, 3.8) is 0 Å². The highest BCUT2D eigenvalue weighted by Gasteiger charge is 2.59. The molecule has 124 valence electrons. The summed E-state index contributed by atoms with van der Waals surface area (Å²) in [7, 11) is -3.45. The summed E-state index contributed by atoms with van der Waals surface area (Å²) in [5.74, 6) is 0.767. The summed E-state index contributed by atoms with van der Waals surface area (Å²) < 4.78 is 28.5. The molecule has 5 rings (SSSR count). The monoisotopic (exact) mass is 341 g/mol. The van der Waals surface area contributed by atoms with Gasteiger partial charge < -0.3 is 5.11 Å². The maximum absolute atomic E-state index is 12.7. The Labute approximate surface area is 141 Å². The van der Waals surface area contributed by atoms with E-state index in [4.69, 9.17) is 0 Å². The fourth-order valence-corrected chi connectivity index (χ4v) is 7.01. The van der Waals surface area contributed by atoms with Crippen molar-refractivity contribution in [3.05, 3.63) is 59.2 Å². The molecule has 0 aromatic heterocycles. The van der Waals surface area contributed by atoms with E-state index in [2.05, 4.69) is 4.72 Å². The molecule has 3 aliphatic rings. The molecule has 2 aromatic rings. The van der Waals surface area contributed by atoms with Gasteiger partial charge in [0.15, 0.2) is 0 Å². The number of nitrogens with one attached hydrogen (secondary N) is 1. The first-order valence-corrected chi connectivity index (χ1v) is 9.93. The zero-order chi connectivity index (χ0) is 16.5. The first-order valence-electron chi connectivity index (χ1n) is 8.45. The van der Waals surface area contributed by atoms with Crippen LogP contribution in [0, 0.1) is 11.8 Å². The molecule has 2 N–H and O–H groups in total. The van der Waals surface area contributed by atoms with Gasteiger partial charge in [0.05, 0.1) is 10.4 Å². The van der Waals surface area contributed by atoms with Crippen molar-refractivity contribution >= 4 is 10.0 Å². The van der Waals surface area contributed by atoms with Gasteiger partial charge in [0.1, 0.15) is 5.75 Å². The number of phenolic OH excluding ortho intramolecular Hbond substituents is 1. The van der Waals surface area contributed by atoms with Gasteiger partial charge in [0.2, 0.25) is 10.0 Å². The molecule has 2 aliphatic carbocycles. The van der Waals surface area contributed by atoms with Crippen molar-refractivity contribution in [2.75, 3.05) is 0 Å². The van der Waals surface area contributed by atoms with Gasteiger partial charge in [-0.2, -0.15) is 4.72 Å². The van der Waals surface area contributed by atoms with Crippen molar-refractivity contribution in [1.82, 2.24) is 4.72 Å². The molecule has 2 bridgehead atoms. The Morgan fingerprint density at radius 3 is 2.50 bits per heavy atom. The van der Waals surface area contributed by atoms with E-state index in [1.807, 2.05) is 24.3 Å². The Morgan fingerprint density at radius 1 is 1.00 bits per heavy atom. The van der Waals surface area contributed by atoms with Gasteiger partial charge in [-0.05, 0) is 72.4 Å². The average Bonchev–Trinajstić information content (AvgIpc) is 2.93. The Balaban J connectivity index is 1.72. The minimum atomic E-state index is -3.45. The van der Waals surface area contributed by atoms with Gasteiger partial charge in [-0.25, -0.2) is 8.42 Å². The van der Waals surface area contributed by atoms with Gasteiger partial charge in [-0.1, -0.05) is 24.3 Å². The first-order chi connectivity index (χ1) is 11.5. The van der Waals surface area contributed by atoms with Crippen LogP contribution in [-0.4, -0.2) is 13.5 Å². The second-order valence-electron chi connectivity index (χ2n) is 7.30. The van der Waals surface area contributed by atoms with E-state index in [0.29, 0.717) is 4.90 Å². The van der Waals surface area contributed by atoms with Gasteiger partial charge >= 0.3 is 0 Å². The van der Waals surface area contributed by atoms with Gasteiger partial charge in [0, 0.05) is 0 Å². The van der Waals surface area contributed by atoms with E-state index < -0.39 is 15.6 Å². The molecule has 1 aliphatic heterocycles. The molecule has 0 amide bonds. The topological polar surface area (TPSA) is 66.4 Å². The van der Waals surface area contributed by atoms with Crippen LogP contribution in [0.2, 0.25) is 0 Å². The van der Waals surface area contributed by atoms with E-state index in [-0.39, 0.29) is 17.6 Å². The molecule has 2 aromatic carbocycles. The molecule has 1 fully saturated rings. The maximum atomic E-state index is 12.7. The Morgan fingerprint density at radius 2 is 1.71 bits per heavy atom. The number of rotatable bonds is 0. The highest BCUT2D eigenvalue weighted by Crippen LogP contribution is 2.57. The maximum Gasteiger partial charge on any atom is 0.241 e. The lowest BCUT2D eigenvalue weighted by molar-refractivity contribution is 0.232. The Kier molecular flexibility index (Phi) is 2.78. The highest BCUT2D eigenvalue weighted by molar-refractivity contribution is 7.89. The average molecular weight is 341 g/mol. The van der Waals surface area contributed by atoms with Crippen LogP contribution >= 0.6 is 0 Å². The fourth-order valence-electron chi connectivity index (χ4n) is 5.23. The summed E-state index contributed by atoms with van der Waals surface area (Å²) in [5.41, 5.74) is 2.84. The molecule has 5 heteroatoms. The number of benzene rings is 2. The minimum absolute atomic E-state index is 0.226. The van der Waals surface area contributed by atoms with E-state index in [9.17, 15) is 13.5 Å². The molecule has 1 heterocycles. The summed E-state index contributed by atoms with van der Waals surface area (Å²) >= 11 is 0. The lowest BCUT2D eigenvalue weighted by Crippen LogP contribution is -2.47. The SMILES string of the molecule is O=S1(=O)N[C@@]2(c3ccccc31)[C@@H]1CC[C@H]2Cc2ccc(O)cc2C1. The Hall–Kier alpha value is -1.85. The summed E-state index contributed by atoms with van der Waals surface area (Å²) in [4.78, 5) is 0.440. The largest absolute Gasteiger partial charge is 0.508 e. The van der Waals surface area contributed by atoms with Crippen molar-refractivity contribution < 1.29 is 13.5 Å². The predicted molar refractivity (Wildman–Crippen MR) is 90.2 cm³/mol. The lowest BCUT2D eigenvalue weighted by Gasteiger charge is -2.35. The number of aromatic hydroxyl groups is 1. The fraction of sp³-hybridized carbons (Fsp3) is 0.368. The number of hydrogen-bond donors (Lipinski definition) is 2. The van der Waals surface area contributed by atoms with Crippen molar-refractivity contribution in [2.45, 2.75) is 36.1 Å². The Bertz CT molecular complexity index is 953. The molecule has 1 saturated carbocycles. The molecule has 0 saturated heterocycles. The van der Waals surface area contributed by atoms with E-state index >= 15 is 0 Å². The van der Waals surface area contributed by atoms with E-state index in [0.717, 1.165) is 36.8 Å². The van der Waals surface area contributed by atoms with Crippen LogP contribution in [0.5, 0.6) is 5.75 Å². The predicted octanol–water partition coefficient (Wildman–Crippen LogP) is 2.70. The molecule has 0 unspecified atom stereocenters. The number of hydrogen-bond acceptors (Lipinski definition) is 3. The third kappa shape index (κ3) is 1.74. The molecule has 0 radical (unpaired) electrons. The van der Waals surface area contributed by atoms with Gasteiger partial charge in [0.25, 0.3) is 0 Å². The van der Waals surface area contributed by atoms with Crippen LogP contribution in [0.15, 0.2) is 47.4 Å². The van der Waals surface area contributed by atoms with Crippen molar-refractivity contribution in [2.24, 2.45) is 11.8 Å². The summed E-state index contributed by atoms with van der Waals surface area (Å²) in [6, 6.07) is 13.0. The molecule has 3 atom stereocenters. The van der Waals surface area contributed by atoms with Crippen LogP contribution in [0.4, 0.5) is 0 Å². The summed E-state index contributed by atoms with van der Waals surface area (Å²) in [6.45, 7) is 0. The van der Waals surface area contributed by atoms with E-state index in [1.54, 1.807) is 18.2 Å². The van der Waals surface area contributed by atoms with Crippen LogP contribution < -0.4 is 4.72 Å². The zero-order valence-electron chi connectivity index (χ0n) is 13.2. The van der Waals surface area contributed by atoms with Crippen molar-refractivity contribution in [3.8, 4) is 5.75 Å². The second kappa shape index (κ2) is 4.61. The minimum Gasteiger partial charge on any atom is -0.508 e. The van der Waals surface area contributed by atoms with E-state index in [1.165, 1.54) is 5.56 Å². The molecule has 1 spiro atoms. The second-order valence-corrected chi connectivity index (χ2v) is 8.95. The lowest BCUT2D eigenvalue weighted by atomic mass is 9.74. The standard InChI is InChI=1S/C19H19NO3S/c21-16-8-5-12-9-14-6-7-15(10-13(12)11-16)19(14)17-3-1-2-4-18(17)24(22,23)20-19/h1-5,8,11,14-15,20-21H,6-7,9-10H2/t14-,15+,19+/m0/s1. The number of phenols is 1. The molecule has 24 heavy (non-hydrogen) atoms. The van der Waals surface area contributed by atoms with Crippen LogP contribution in [0.25, 0.3) is 0 Å². The highest BCUT2D eigenvalue weighted by atomic mass is 32.2. The normalized spacial score (nSPS) is 32.3. The van der Waals surface area contributed by atoms with Gasteiger partial charge in [-0.15, -0.1) is 0 Å². The number of sulfonamides is 1. The molecular formula is C19H19NO3S. The third-order valence-corrected chi connectivity index (χ3v) is 7.74.